The van der Waals surface area contributed by atoms with Crippen molar-refractivity contribution in [2.24, 2.45) is 0 Å². The Labute approximate surface area is 112 Å². The van der Waals surface area contributed by atoms with Crippen LogP contribution in [0.15, 0.2) is 22.7 Å². The Kier molecular flexibility index (Phi) is 3.47. The number of aryl methyl sites for hydroxylation is 2. The van der Waals surface area contributed by atoms with Crippen molar-refractivity contribution < 1.29 is 9.18 Å². The number of halogens is 2. The molecule has 0 bridgehead atoms. The second kappa shape index (κ2) is 4.89. The molecule has 18 heavy (non-hydrogen) atoms. The zero-order chi connectivity index (χ0) is 13.3. The van der Waals surface area contributed by atoms with Crippen LogP contribution in [0.2, 0.25) is 0 Å². The third-order valence-electron chi connectivity index (χ3n) is 2.55. The van der Waals surface area contributed by atoms with Gasteiger partial charge in [0.1, 0.15) is 5.82 Å². The molecule has 0 fully saturated rings. The first-order chi connectivity index (χ1) is 8.49. The number of aromatic nitrogens is 2. The molecule has 4 nitrogen and oxygen atoms in total. The van der Waals surface area contributed by atoms with Crippen LogP contribution in [0.4, 0.5) is 10.1 Å². The Bertz CT molecular complexity index is 590. The molecule has 2 N–H and O–H groups in total. The Morgan fingerprint density at radius 1 is 1.44 bits per heavy atom. The van der Waals surface area contributed by atoms with E-state index in [1.165, 1.54) is 12.1 Å². The van der Waals surface area contributed by atoms with Gasteiger partial charge in [0, 0.05) is 5.56 Å². The maximum atomic E-state index is 13.3. The van der Waals surface area contributed by atoms with Crippen molar-refractivity contribution in [3.8, 4) is 0 Å². The molecule has 0 aliphatic rings. The highest BCUT2D eigenvalue weighted by atomic mass is 79.9. The number of benzene rings is 1. The number of nitrogens with zero attached hydrogens (tertiary/aromatic N) is 1. The maximum Gasteiger partial charge on any atom is 0.255 e. The van der Waals surface area contributed by atoms with Crippen LogP contribution < -0.4 is 5.32 Å². The zero-order valence-corrected chi connectivity index (χ0v) is 11.4. The van der Waals surface area contributed by atoms with E-state index in [4.69, 9.17) is 0 Å². The topological polar surface area (TPSA) is 57.8 Å². The molecular formula is C12H11BrFN3O. The van der Waals surface area contributed by atoms with Gasteiger partial charge in [-0.25, -0.2) is 4.39 Å². The van der Waals surface area contributed by atoms with E-state index < -0.39 is 5.82 Å². The van der Waals surface area contributed by atoms with Gasteiger partial charge in [-0.05, 0) is 48.0 Å². The quantitative estimate of drug-likeness (QED) is 0.895. The predicted molar refractivity (Wildman–Crippen MR) is 70.1 cm³/mol. The van der Waals surface area contributed by atoms with Gasteiger partial charge in [-0.2, -0.15) is 5.10 Å². The van der Waals surface area contributed by atoms with Crippen molar-refractivity contribution in [2.75, 3.05) is 5.32 Å². The molecule has 0 aliphatic carbocycles. The first kappa shape index (κ1) is 12.8. The van der Waals surface area contributed by atoms with E-state index in [0.717, 1.165) is 5.69 Å². The van der Waals surface area contributed by atoms with E-state index in [0.29, 0.717) is 15.9 Å². The van der Waals surface area contributed by atoms with Crippen molar-refractivity contribution in [2.45, 2.75) is 13.8 Å². The molecule has 2 rings (SSSR count). The highest BCUT2D eigenvalue weighted by molar-refractivity contribution is 9.10. The molecule has 6 heteroatoms. The van der Waals surface area contributed by atoms with E-state index >= 15 is 0 Å². The van der Waals surface area contributed by atoms with E-state index in [-0.39, 0.29) is 11.5 Å². The van der Waals surface area contributed by atoms with Gasteiger partial charge in [0.15, 0.2) is 0 Å². The second-order valence-electron chi connectivity index (χ2n) is 3.89. The van der Waals surface area contributed by atoms with Gasteiger partial charge in [-0.3, -0.25) is 9.89 Å². The van der Waals surface area contributed by atoms with Crippen molar-refractivity contribution in [3.63, 3.8) is 0 Å². The van der Waals surface area contributed by atoms with Crippen molar-refractivity contribution >= 4 is 27.5 Å². The van der Waals surface area contributed by atoms with Crippen LogP contribution in [-0.4, -0.2) is 16.1 Å². The molecule has 0 saturated carbocycles. The van der Waals surface area contributed by atoms with Crippen LogP contribution in [0.5, 0.6) is 0 Å². The number of hydrogen-bond donors (Lipinski definition) is 2. The van der Waals surface area contributed by atoms with Crippen LogP contribution in [0.1, 0.15) is 21.7 Å². The summed E-state index contributed by atoms with van der Waals surface area (Å²) in [4.78, 5) is 11.9. The molecule has 0 saturated heterocycles. The maximum absolute atomic E-state index is 13.3. The molecule has 94 valence electrons. The number of carbonyl (C=O) groups is 1. The lowest BCUT2D eigenvalue weighted by Gasteiger charge is -2.05. The average molecular weight is 312 g/mol. The van der Waals surface area contributed by atoms with Gasteiger partial charge in [0.05, 0.1) is 21.5 Å². The summed E-state index contributed by atoms with van der Waals surface area (Å²) in [6.45, 7) is 3.58. The fourth-order valence-electron chi connectivity index (χ4n) is 1.56. The van der Waals surface area contributed by atoms with Crippen LogP contribution in [0.3, 0.4) is 0 Å². The Morgan fingerprint density at radius 3 is 2.72 bits per heavy atom. The number of rotatable bonds is 2. The monoisotopic (exact) mass is 311 g/mol. The van der Waals surface area contributed by atoms with E-state index in [2.05, 4.69) is 31.4 Å². The van der Waals surface area contributed by atoms with Gasteiger partial charge in [-0.15, -0.1) is 0 Å². The van der Waals surface area contributed by atoms with Gasteiger partial charge in [-0.1, -0.05) is 0 Å². The fraction of sp³-hybridized carbons (Fsp3) is 0.167. The number of carbonyl (C=O) groups excluding carboxylic acids is 1. The number of H-pyrrole nitrogens is 1. The highest BCUT2D eigenvalue weighted by Crippen LogP contribution is 2.20. The fourth-order valence-corrected chi connectivity index (χ4v) is 1.80. The lowest BCUT2D eigenvalue weighted by Crippen LogP contribution is -2.13. The number of amides is 1. The predicted octanol–water partition coefficient (Wildman–Crippen LogP) is 3.18. The molecule has 2 aromatic rings. The van der Waals surface area contributed by atoms with Crippen molar-refractivity contribution in [1.82, 2.24) is 10.2 Å². The summed E-state index contributed by atoms with van der Waals surface area (Å²) in [5.41, 5.74) is 2.34. The van der Waals surface area contributed by atoms with Crippen LogP contribution >= 0.6 is 15.9 Å². The SMILES string of the molecule is Cc1n[nH]c(C)c1NC(=O)c1ccc(Br)c(F)c1. The molecule has 0 radical (unpaired) electrons. The first-order valence-corrected chi connectivity index (χ1v) is 6.06. The van der Waals surface area contributed by atoms with Crippen molar-refractivity contribution in [3.05, 3.63) is 45.4 Å². The summed E-state index contributed by atoms with van der Waals surface area (Å²) in [6, 6.07) is 4.23. The summed E-state index contributed by atoms with van der Waals surface area (Å²) in [5.74, 6) is -0.836. The van der Waals surface area contributed by atoms with E-state index in [1.54, 1.807) is 19.9 Å². The number of anilines is 1. The molecule has 1 aromatic heterocycles. The van der Waals surface area contributed by atoms with Gasteiger partial charge < -0.3 is 5.32 Å². The standard InChI is InChI=1S/C12H11BrFN3O/c1-6-11(7(2)17-16-6)15-12(18)8-3-4-9(13)10(14)5-8/h3-5H,1-2H3,(H,15,18)(H,16,17). The Hall–Kier alpha value is -1.69. The van der Waals surface area contributed by atoms with E-state index in [1.807, 2.05) is 0 Å². The summed E-state index contributed by atoms with van der Waals surface area (Å²) in [7, 11) is 0. The number of aromatic amines is 1. The minimum Gasteiger partial charge on any atom is -0.319 e. The Morgan fingerprint density at radius 2 is 2.17 bits per heavy atom. The molecule has 0 unspecified atom stereocenters. The van der Waals surface area contributed by atoms with Gasteiger partial charge in [0.2, 0.25) is 0 Å². The molecule has 1 amide bonds. The molecule has 0 aliphatic heterocycles. The minimum atomic E-state index is -0.469. The minimum absolute atomic E-state index is 0.260. The summed E-state index contributed by atoms with van der Waals surface area (Å²) in [5, 5.41) is 9.45. The van der Waals surface area contributed by atoms with Crippen LogP contribution in [0, 0.1) is 19.7 Å². The first-order valence-electron chi connectivity index (χ1n) is 5.27. The van der Waals surface area contributed by atoms with Crippen LogP contribution in [0.25, 0.3) is 0 Å². The van der Waals surface area contributed by atoms with E-state index in [9.17, 15) is 9.18 Å². The summed E-state index contributed by atoms with van der Waals surface area (Å²) in [6.07, 6.45) is 0. The summed E-state index contributed by atoms with van der Waals surface area (Å²) >= 11 is 3.04. The molecular weight excluding hydrogens is 301 g/mol. The third kappa shape index (κ3) is 2.43. The Balaban J connectivity index is 2.25. The number of nitrogens with one attached hydrogen (secondary N) is 2. The molecule has 0 atom stereocenters. The third-order valence-corrected chi connectivity index (χ3v) is 3.19. The zero-order valence-electron chi connectivity index (χ0n) is 9.84. The molecule has 1 heterocycles. The molecule has 0 spiro atoms. The van der Waals surface area contributed by atoms with Gasteiger partial charge >= 0.3 is 0 Å². The molecule has 1 aromatic carbocycles. The normalized spacial score (nSPS) is 10.4. The largest absolute Gasteiger partial charge is 0.319 e. The summed E-state index contributed by atoms with van der Waals surface area (Å²) < 4.78 is 13.7. The van der Waals surface area contributed by atoms with Gasteiger partial charge in [0.25, 0.3) is 5.91 Å². The number of hydrogen-bond acceptors (Lipinski definition) is 2. The highest BCUT2D eigenvalue weighted by Gasteiger charge is 2.13. The second-order valence-corrected chi connectivity index (χ2v) is 4.75. The smallest absolute Gasteiger partial charge is 0.255 e. The van der Waals surface area contributed by atoms with Crippen LogP contribution in [-0.2, 0) is 0 Å². The lowest BCUT2D eigenvalue weighted by molar-refractivity contribution is 0.102. The lowest BCUT2D eigenvalue weighted by atomic mass is 10.2. The van der Waals surface area contributed by atoms with Crippen molar-refractivity contribution in [1.29, 1.82) is 0 Å². The average Bonchev–Trinajstić information content (AvgIpc) is 2.64.